The van der Waals surface area contributed by atoms with Gasteiger partial charge in [0.2, 0.25) is 11.8 Å². The van der Waals surface area contributed by atoms with Gasteiger partial charge in [0.05, 0.1) is 5.92 Å². The number of likely N-dealkylation sites (tertiary alicyclic amines) is 1. The highest BCUT2D eigenvalue weighted by molar-refractivity contribution is 5.95. The van der Waals surface area contributed by atoms with Crippen LogP contribution < -0.4 is 10.6 Å². The van der Waals surface area contributed by atoms with Crippen molar-refractivity contribution in [2.45, 2.75) is 52.0 Å². The molecule has 0 aromatic heterocycles. The Hall–Kier alpha value is -3.15. The predicted molar refractivity (Wildman–Crippen MR) is 129 cm³/mol. The van der Waals surface area contributed by atoms with E-state index in [-0.39, 0.29) is 29.6 Å². The van der Waals surface area contributed by atoms with Crippen molar-refractivity contribution in [3.8, 4) is 0 Å². The van der Waals surface area contributed by atoms with E-state index in [1.54, 1.807) is 4.90 Å². The molecule has 2 aliphatic rings. The van der Waals surface area contributed by atoms with E-state index in [2.05, 4.69) is 10.6 Å². The summed E-state index contributed by atoms with van der Waals surface area (Å²) in [5.41, 5.74) is 3.49. The van der Waals surface area contributed by atoms with E-state index in [0.29, 0.717) is 25.2 Å². The zero-order valence-corrected chi connectivity index (χ0v) is 19.3. The van der Waals surface area contributed by atoms with E-state index in [1.807, 2.05) is 55.5 Å². The number of hydrogen-bond donors (Lipinski definition) is 2. The van der Waals surface area contributed by atoms with Crippen LogP contribution in [0.25, 0.3) is 0 Å². The summed E-state index contributed by atoms with van der Waals surface area (Å²) >= 11 is 0. The largest absolute Gasteiger partial charge is 0.352 e. The van der Waals surface area contributed by atoms with Gasteiger partial charge in [0, 0.05) is 36.8 Å². The third-order valence-electron chi connectivity index (χ3n) is 6.77. The molecule has 1 saturated heterocycles. The van der Waals surface area contributed by atoms with Crippen molar-refractivity contribution in [1.82, 2.24) is 10.2 Å². The maximum atomic E-state index is 12.8. The summed E-state index contributed by atoms with van der Waals surface area (Å²) in [6, 6.07) is 15.2. The Balaban J connectivity index is 1.29. The van der Waals surface area contributed by atoms with E-state index in [4.69, 9.17) is 0 Å². The first-order valence-corrected chi connectivity index (χ1v) is 12.0. The van der Waals surface area contributed by atoms with E-state index in [0.717, 1.165) is 55.3 Å². The van der Waals surface area contributed by atoms with Crippen LogP contribution in [-0.2, 0) is 16.1 Å². The lowest BCUT2D eigenvalue weighted by Crippen LogP contribution is -2.45. The molecule has 2 aromatic rings. The summed E-state index contributed by atoms with van der Waals surface area (Å²) in [4.78, 5) is 39.9. The summed E-state index contributed by atoms with van der Waals surface area (Å²) in [5.74, 6) is -0.0483. The van der Waals surface area contributed by atoms with Crippen LogP contribution in [0.15, 0.2) is 48.5 Å². The zero-order valence-electron chi connectivity index (χ0n) is 19.3. The number of rotatable bonds is 6. The summed E-state index contributed by atoms with van der Waals surface area (Å²) in [6.45, 7) is 3.51. The van der Waals surface area contributed by atoms with Crippen LogP contribution in [0.3, 0.4) is 0 Å². The maximum Gasteiger partial charge on any atom is 0.253 e. The van der Waals surface area contributed by atoms with Crippen LogP contribution in [0, 0.1) is 18.8 Å². The molecule has 3 amide bonds. The number of nitrogens with one attached hydrogen (secondary N) is 2. The number of piperidine rings is 1. The summed E-state index contributed by atoms with van der Waals surface area (Å²) in [6.07, 6.45) is 5.77. The van der Waals surface area contributed by atoms with Gasteiger partial charge in [0.15, 0.2) is 0 Å². The molecule has 33 heavy (non-hydrogen) atoms. The van der Waals surface area contributed by atoms with Gasteiger partial charge in [0.25, 0.3) is 5.91 Å². The molecule has 0 radical (unpaired) electrons. The summed E-state index contributed by atoms with van der Waals surface area (Å²) in [7, 11) is 0. The smallest absolute Gasteiger partial charge is 0.253 e. The van der Waals surface area contributed by atoms with Crippen LogP contribution in [0.2, 0.25) is 0 Å². The monoisotopic (exact) mass is 447 g/mol. The lowest BCUT2D eigenvalue weighted by atomic mass is 9.96. The molecule has 2 aromatic carbocycles. The van der Waals surface area contributed by atoms with Crippen molar-refractivity contribution in [3.05, 3.63) is 65.2 Å². The zero-order chi connectivity index (χ0) is 23.2. The quantitative estimate of drug-likeness (QED) is 0.693. The minimum absolute atomic E-state index is 0.0156. The molecule has 1 saturated carbocycles. The average Bonchev–Trinajstić information content (AvgIpc) is 3.38. The van der Waals surface area contributed by atoms with Gasteiger partial charge < -0.3 is 15.5 Å². The fourth-order valence-corrected chi connectivity index (χ4v) is 4.78. The number of aryl methyl sites for hydroxylation is 1. The summed E-state index contributed by atoms with van der Waals surface area (Å²) < 4.78 is 0. The number of amides is 3. The third-order valence-corrected chi connectivity index (χ3v) is 6.77. The first-order valence-electron chi connectivity index (χ1n) is 12.0. The predicted octanol–water partition coefficient (Wildman–Crippen LogP) is 4.29. The van der Waals surface area contributed by atoms with Crippen molar-refractivity contribution >= 4 is 23.4 Å². The standard InChI is InChI=1S/C27H33N3O3/c1-19-11-13-22(14-12-19)27(33)30-15-5-9-23(18-30)25(31)28-17-20-6-4-10-24(16-20)29-26(32)21-7-2-3-8-21/h4,6,10-14,16,21,23H,2-3,5,7-9,15,17-18H2,1H3,(H,28,31)(H,29,32). The molecule has 1 aliphatic heterocycles. The van der Waals surface area contributed by atoms with Crippen LogP contribution in [0.5, 0.6) is 0 Å². The van der Waals surface area contributed by atoms with E-state index in [1.165, 1.54) is 0 Å². The van der Waals surface area contributed by atoms with Crippen molar-refractivity contribution in [3.63, 3.8) is 0 Å². The number of carbonyl (C=O) groups is 3. The van der Waals surface area contributed by atoms with Gasteiger partial charge in [-0.2, -0.15) is 0 Å². The van der Waals surface area contributed by atoms with Gasteiger partial charge in [-0.15, -0.1) is 0 Å². The second-order valence-corrected chi connectivity index (χ2v) is 9.35. The van der Waals surface area contributed by atoms with Crippen molar-refractivity contribution in [1.29, 1.82) is 0 Å². The Kier molecular flexibility index (Phi) is 7.43. The second kappa shape index (κ2) is 10.6. The van der Waals surface area contributed by atoms with E-state index in [9.17, 15) is 14.4 Å². The molecule has 4 rings (SSSR count). The molecular formula is C27H33N3O3. The lowest BCUT2D eigenvalue weighted by Gasteiger charge is -2.32. The highest BCUT2D eigenvalue weighted by Crippen LogP contribution is 2.26. The van der Waals surface area contributed by atoms with Crippen molar-refractivity contribution in [2.75, 3.05) is 18.4 Å². The minimum Gasteiger partial charge on any atom is -0.352 e. The molecule has 1 heterocycles. The molecule has 1 atom stereocenters. The maximum absolute atomic E-state index is 12.8. The first-order chi connectivity index (χ1) is 16.0. The fraction of sp³-hybridized carbons (Fsp3) is 0.444. The average molecular weight is 448 g/mol. The number of hydrogen-bond acceptors (Lipinski definition) is 3. The normalized spacial score (nSPS) is 18.7. The second-order valence-electron chi connectivity index (χ2n) is 9.35. The van der Waals surface area contributed by atoms with Gasteiger partial charge >= 0.3 is 0 Å². The van der Waals surface area contributed by atoms with Crippen LogP contribution in [-0.4, -0.2) is 35.7 Å². The van der Waals surface area contributed by atoms with Gasteiger partial charge in [-0.3, -0.25) is 14.4 Å². The molecule has 174 valence electrons. The molecule has 6 heteroatoms. The Morgan fingerprint density at radius 3 is 2.39 bits per heavy atom. The Bertz CT molecular complexity index is 996. The molecular weight excluding hydrogens is 414 g/mol. The fourth-order valence-electron chi connectivity index (χ4n) is 4.78. The third kappa shape index (κ3) is 6.01. The van der Waals surface area contributed by atoms with Crippen LogP contribution >= 0.6 is 0 Å². The molecule has 6 nitrogen and oxygen atoms in total. The van der Waals surface area contributed by atoms with Gasteiger partial charge in [0.1, 0.15) is 0 Å². The topological polar surface area (TPSA) is 78.5 Å². The van der Waals surface area contributed by atoms with Crippen LogP contribution in [0.1, 0.15) is 60.0 Å². The Morgan fingerprint density at radius 1 is 0.909 bits per heavy atom. The highest BCUT2D eigenvalue weighted by atomic mass is 16.2. The number of carbonyl (C=O) groups excluding carboxylic acids is 3. The van der Waals surface area contributed by atoms with Crippen molar-refractivity contribution < 1.29 is 14.4 Å². The van der Waals surface area contributed by atoms with Gasteiger partial charge in [-0.05, 0) is 62.4 Å². The first kappa shape index (κ1) is 23.0. The Morgan fingerprint density at radius 2 is 1.64 bits per heavy atom. The van der Waals surface area contributed by atoms with Crippen molar-refractivity contribution in [2.24, 2.45) is 11.8 Å². The number of anilines is 1. The molecule has 2 fully saturated rings. The number of nitrogens with zero attached hydrogens (tertiary/aromatic N) is 1. The molecule has 0 bridgehead atoms. The molecule has 1 unspecified atom stereocenters. The van der Waals surface area contributed by atoms with Crippen LogP contribution in [0.4, 0.5) is 5.69 Å². The highest BCUT2D eigenvalue weighted by Gasteiger charge is 2.29. The number of benzene rings is 2. The lowest BCUT2D eigenvalue weighted by molar-refractivity contribution is -0.126. The SMILES string of the molecule is Cc1ccc(C(=O)N2CCCC(C(=O)NCc3cccc(NC(=O)C4CCCC4)c3)C2)cc1. The van der Waals surface area contributed by atoms with E-state index < -0.39 is 0 Å². The van der Waals surface area contributed by atoms with Gasteiger partial charge in [-0.25, -0.2) is 0 Å². The Labute approximate surface area is 195 Å². The summed E-state index contributed by atoms with van der Waals surface area (Å²) in [5, 5.41) is 6.04. The van der Waals surface area contributed by atoms with E-state index >= 15 is 0 Å². The minimum atomic E-state index is -0.210. The molecule has 0 spiro atoms. The molecule has 1 aliphatic carbocycles. The molecule has 2 N–H and O–H groups in total. The van der Waals surface area contributed by atoms with Gasteiger partial charge in [-0.1, -0.05) is 42.7 Å².